The Balaban J connectivity index is 1.78. The third-order valence-electron chi connectivity index (χ3n) is 3.40. The Morgan fingerprint density at radius 2 is 2.35 bits per heavy atom. The van der Waals surface area contributed by atoms with Crippen molar-refractivity contribution in [2.75, 3.05) is 26.2 Å². The summed E-state index contributed by atoms with van der Waals surface area (Å²) in [5.41, 5.74) is 0. The predicted molar refractivity (Wildman–Crippen MR) is 70.0 cm³/mol. The van der Waals surface area contributed by atoms with Gasteiger partial charge in [-0.2, -0.15) is 5.10 Å². The van der Waals surface area contributed by atoms with Gasteiger partial charge in [-0.25, -0.2) is 0 Å². The molecule has 0 amide bonds. The number of nitrogens with zero attached hydrogens (tertiary/aromatic N) is 3. The van der Waals surface area contributed by atoms with Crippen molar-refractivity contribution < 1.29 is 0 Å². The summed E-state index contributed by atoms with van der Waals surface area (Å²) in [7, 11) is 0. The van der Waals surface area contributed by atoms with Gasteiger partial charge < -0.3 is 5.32 Å². The number of hydrogen-bond donors (Lipinski definition) is 1. The normalized spacial score (nSPS) is 22.5. The first-order chi connectivity index (χ1) is 8.38. The molecule has 0 aromatic carbocycles. The molecular weight excluding hydrogens is 212 g/mol. The van der Waals surface area contributed by atoms with Gasteiger partial charge in [0.25, 0.3) is 0 Å². The largest absolute Gasteiger partial charge is 0.313 e. The topological polar surface area (TPSA) is 33.1 Å². The fourth-order valence-electron chi connectivity index (χ4n) is 2.50. The molecule has 1 aromatic rings. The quantitative estimate of drug-likeness (QED) is 0.837. The fraction of sp³-hybridized carbons (Fsp3) is 0.769. The van der Waals surface area contributed by atoms with Crippen LogP contribution in [0.15, 0.2) is 18.5 Å². The molecule has 1 unspecified atom stereocenters. The lowest BCUT2D eigenvalue weighted by Gasteiger charge is -2.24. The summed E-state index contributed by atoms with van der Waals surface area (Å²) < 4.78 is 2.02. The van der Waals surface area contributed by atoms with Crippen molar-refractivity contribution in [3.05, 3.63) is 18.5 Å². The molecule has 17 heavy (non-hydrogen) atoms. The van der Waals surface area contributed by atoms with Crippen LogP contribution in [0.5, 0.6) is 0 Å². The summed E-state index contributed by atoms with van der Waals surface area (Å²) >= 11 is 0. The van der Waals surface area contributed by atoms with Crippen LogP contribution in [0.2, 0.25) is 0 Å². The lowest BCUT2D eigenvalue weighted by molar-refractivity contribution is 0.249. The van der Waals surface area contributed by atoms with E-state index in [4.69, 9.17) is 0 Å². The Labute approximate surface area is 104 Å². The fourth-order valence-corrected chi connectivity index (χ4v) is 2.50. The van der Waals surface area contributed by atoms with Gasteiger partial charge in [-0.15, -0.1) is 0 Å². The summed E-state index contributed by atoms with van der Waals surface area (Å²) in [6.07, 6.45) is 7.71. The molecule has 4 nitrogen and oxygen atoms in total. The monoisotopic (exact) mass is 236 g/mol. The van der Waals surface area contributed by atoms with E-state index in [1.54, 1.807) is 0 Å². The molecule has 2 heterocycles. The Bertz CT molecular complexity index is 296. The molecular formula is C13H24N4. The zero-order chi connectivity index (χ0) is 11.9. The van der Waals surface area contributed by atoms with Crippen LogP contribution in [-0.2, 0) is 6.54 Å². The van der Waals surface area contributed by atoms with Crippen LogP contribution in [0.1, 0.15) is 26.2 Å². The standard InChI is InChI=1S/C13H24N4/c1-2-5-13-12-16(8-3-6-14-13)10-11-17-9-4-7-15-17/h4,7,9,13-14H,2-3,5-6,8,10-12H2,1H3. The summed E-state index contributed by atoms with van der Waals surface area (Å²) in [5, 5.41) is 7.90. The maximum atomic E-state index is 4.25. The SMILES string of the molecule is CCCC1CN(CCn2cccn2)CCCN1. The first-order valence-electron chi connectivity index (χ1n) is 6.81. The first-order valence-corrected chi connectivity index (χ1v) is 6.81. The third-order valence-corrected chi connectivity index (χ3v) is 3.40. The molecule has 1 aliphatic rings. The minimum atomic E-state index is 0.681. The summed E-state index contributed by atoms with van der Waals surface area (Å²) in [5.74, 6) is 0. The Morgan fingerprint density at radius 1 is 1.41 bits per heavy atom. The van der Waals surface area contributed by atoms with Gasteiger partial charge in [0.05, 0.1) is 6.54 Å². The molecule has 1 fully saturated rings. The minimum absolute atomic E-state index is 0.681. The van der Waals surface area contributed by atoms with Crippen molar-refractivity contribution in [3.8, 4) is 0 Å². The van der Waals surface area contributed by atoms with E-state index in [-0.39, 0.29) is 0 Å². The molecule has 96 valence electrons. The highest BCUT2D eigenvalue weighted by atomic mass is 15.3. The molecule has 1 atom stereocenters. The van der Waals surface area contributed by atoms with Crippen molar-refractivity contribution in [3.63, 3.8) is 0 Å². The smallest absolute Gasteiger partial charge is 0.0536 e. The Hall–Kier alpha value is -0.870. The van der Waals surface area contributed by atoms with Gasteiger partial charge in [0.15, 0.2) is 0 Å². The van der Waals surface area contributed by atoms with E-state index in [1.807, 2.05) is 23.1 Å². The molecule has 0 radical (unpaired) electrons. The van der Waals surface area contributed by atoms with Crippen molar-refractivity contribution in [1.82, 2.24) is 20.0 Å². The van der Waals surface area contributed by atoms with Crippen LogP contribution in [0.3, 0.4) is 0 Å². The van der Waals surface area contributed by atoms with Crippen LogP contribution < -0.4 is 5.32 Å². The van der Waals surface area contributed by atoms with Crippen LogP contribution in [0.25, 0.3) is 0 Å². The number of aromatic nitrogens is 2. The highest BCUT2D eigenvalue weighted by molar-refractivity contribution is 4.79. The van der Waals surface area contributed by atoms with Crippen molar-refractivity contribution in [2.45, 2.75) is 38.8 Å². The van der Waals surface area contributed by atoms with Crippen LogP contribution in [0, 0.1) is 0 Å². The third kappa shape index (κ3) is 4.13. The number of hydrogen-bond acceptors (Lipinski definition) is 3. The Kier molecular flexibility index (Phi) is 5.01. The lowest BCUT2D eigenvalue weighted by Crippen LogP contribution is -2.38. The van der Waals surface area contributed by atoms with Gasteiger partial charge >= 0.3 is 0 Å². The summed E-state index contributed by atoms with van der Waals surface area (Å²) in [4.78, 5) is 2.57. The molecule has 2 rings (SSSR count). The van der Waals surface area contributed by atoms with Crippen molar-refractivity contribution in [1.29, 1.82) is 0 Å². The zero-order valence-corrected chi connectivity index (χ0v) is 10.8. The van der Waals surface area contributed by atoms with E-state index in [2.05, 4.69) is 22.2 Å². The predicted octanol–water partition coefficient (Wildman–Crippen LogP) is 1.35. The minimum Gasteiger partial charge on any atom is -0.313 e. The van der Waals surface area contributed by atoms with Crippen LogP contribution in [-0.4, -0.2) is 46.9 Å². The highest BCUT2D eigenvalue weighted by Crippen LogP contribution is 2.05. The zero-order valence-electron chi connectivity index (χ0n) is 10.8. The van der Waals surface area contributed by atoms with E-state index in [9.17, 15) is 0 Å². The van der Waals surface area contributed by atoms with Crippen molar-refractivity contribution >= 4 is 0 Å². The van der Waals surface area contributed by atoms with E-state index in [0.717, 1.165) is 13.1 Å². The molecule has 1 N–H and O–H groups in total. The second-order valence-corrected chi connectivity index (χ2v) is 4.86. The number of nitrogens with one attached hydrogen (secondary N) is 1. The van der Waals surface area contributed by atoms with E-state index in [0.29, 0.717) is 6.04 Å². The lowest BCUT2D eigenvalue weighted by atomic mass is 10.1. The maximum absolute atomic E-state index is 4.25. The van der Waals surface area contributed by atoms with E-state index >= 15 is 0 Å². The summed E-state index contributed by atoms with van der Waals surface area (Å²) in [6.45, 7) is 7.96. The average Bonchev–Trinajstić information content (AvgIpc) is 2.75. The Morgan fingerprint density at radius 3 is 3.12 bits per heavy atom. The van der Waals surface area contributed by atoms with Crippen LogP contribution >= 0.6 is 0 Å². The highest BCUT2D eigenvalue weighted by Gasteiger charge is 2.16. The van der Waals surface area contributed by atoms with E-state index in [1.165, 1.54) is 38.9 Å². The number of rotatable bonds is 5. The molecule has 1 aliphatic heterocycles. The second-order valence-electron chi connectivity index (χ2n) is 4.86. The van der Waals surface area contributed by atoms with Crippen molar-refractivity contribution in [2.24, 2.45) is 0 Å². The van der Waals surface area contributed by atoms with Gasteiger partial charge in [-0.05, 0) is 32.0 Å². The average molecular weight is 236 g/mol. The van der Waals surface area contributed by atoms with Gasteiger partial charge in [-0.1, -0.05) is 13.3 Å². The molecule has 0 saturated carbocycles. The van der Waals surface area contributed by atoms with Crippen LogP contribution in [0.4, 0.5) is 0 Å². The first kappa shape index (κ1) is 12.6. The molecule has 0 spiro atoms. The molecule has 4 heteroatoms. The second kappa shape index (κ2) is 6.77. The molecule has 1 saturated heterocycles. The summed E-state index contributed by atoms with van der Waals surface area (Å²) in [6, 6.07) is 2.67. The maximum Gasteiger partial charge on any atom is 0.0536 e. The molecule has 0 bridgehead atoms. The molecule has 0 aliphatic carbocycles. The van der Waals surface area contributed by atoms with Gasteiger partial charge in [0.2, 0.25) is 0 Å². The van der Waals surface area contributed by atoms with E-state index < -0.39 is 0 Å². The van der Waals surface area contributed by atoms with Gasteiger partial charge in [-0.3, -0.25) is 9.58 Å². The van der Waals surface area contributed by atoms with Gasteiger partial charge in [0, 0.05) is 31.5 Å². The van der Waals surface area contributed by atoms with Gasteiger partial charge in [0.1, 0.15) is 0 Å². The molecule has 1 aromatic heterocycles.